The second-order valence-corrected chi connectivity index (χ2v) is 7.25. The van der Waals surface area contributed by atoms with Crippen LogP contribution in [0.15, 0.2) is 48.9 Å². The van der Waals surface area contributed by atoms with E-state index < -0.39 is 29.4 Å². The quantitative estimate of drug-likeness (QED) is 0.598. The summed E-state index contributed by atoms with van der Waals surface area (Å²) < 4.78 is 52.7. The Morgan fingerprint density at radius 2 is 2.19 bits per heavy atom. The van der Waals surface area contributed by atoms with Crippen molar-refractivity contribution in [2.45, 2.75) is 25.2 Å². The van der Waals surface area contributed by atoms with E-state index in [9.17, 15) is 18.0 Å². The van der Waals surface area contributed by atoms with Gasteiger partial charge in [0.05, 0.1) is 18.9 Å². The molecule has 1 aliphatic rings. The molecule has 1 aliphatic heterocycles. The molecule has 3 heterocycles. The van der Waals surface area contributed by atoms with E-state index in [1.807, 2.05) is 0 Å². The van der Waals surface area contributed by atoms with Crippen LogP contribution in [0.1, 0.15) is 39.7 Å². The number of amides is 1. The lowest BCUT2D eigenvalue weighted by Gasteiger charge is -2.15. The third-order valence-corrected chi connectivity index (χ3v) is 5.21. The zero-order valence-electron chi connectivity index (χ0n) is 16.2. The van der Waals surface area contributed by atoms with Crippen molar-refractivity contribution >= 4 is 23.2 Å². The van der Waals surface area contributed by atoms with Crippen molar-refractivity contribution in [3.05, 3.63) is 76.4 Å². The fraction of sp³-hybridized carbons (Fsp3) is 0.238. The highest BCUT2D eigenvalue weighted by Crippen LogP contribution is 2.37. The maximum absolute atomic E-state index is 13.7. The summed E-state index contributed by atoms with van der Waals surface area (Å²) in [4.78, 5) is 16.6. The molecule has 3 aromatic rings. The first-order chi connectivity index (χ1) is 14.8. The van der Waals surface area contributed by atoms with Gasteiger partial charge < -0.3 is 14.8 Å². The van der Waals surface area contributed by atoms with Gasteiger partial charge in [0, 0.05) is 24.7 Å². The molecule has 1 amide bonds. The molecule has 6 nitrogen and oxygen atoms in total. The van der Waals surface area contributed by atoms with Crippen molar-refractivity contribution in [1.82, 2.24) is 14.7 Å². The van der Waals surface area contributed by atoms with E-state index in [-0.39, 0.29) is 23.0 Å². The Hall–Kier alpha value is -3.20. The molecule has 1 aromatic carbocycles. The van der Waals surface area contributed by atoms with Crippen LogP contribution in [0.5, 0.6) is 5.75 Å². The Balaban J connectivity index is 1.68. The minimum Gasteiger partial charge on any atom is -0.497 e. The zero-order chi connectivity index (χ0) is 22.2. The minimum atomic E-state index is -4.69. The van der Waals surface area contributed by atoms with Crippen molar-refractivity contribution in [3.63, 3.8) is 0 Å². The van der Waals surface area contributed by atoms with Crippen LogP contribution < -0.4 is 10.1 Å². The molecule has 162 valence electrons. The van der Waals surface area contributed by atoms with Crippen LogP contribution in [0.2, 0.25) is 5.15 Å². The minimum absolute atomic E-state index is 0.124. The summed E-state index contributed by atoms with van der Waals surface area (Å²) in [6.45, 7) is 0.124. The number of halogens is 4. The number of benzene rings is 1. The number of nitrogens with one attached hydrogen (secondary N) is 1. The summed E-state index contributed by atoms with van der Waals surface area (Å²) in [6.07, 6.45) is -0.245. The largest absolute Gasteiger partial charge is 0.497 e. The van der Waals surface area contributed by atoms with E-state index >= 15 is 0 Å². The number of fused-ring (bicyclic) bond motifs is 1. The number of imidazole rings is 1. The summed E-state index contributed by atoms with van der Waals surface area (Å²) in [5.74, 6) is -0.0755. The second-order valence-electron chi connectivity index (χ2n) is 6.90. The van der Waals surface area contributed by atoms with Crippen LogP contribution in [0, 0.1) is 0 Å². The maximum Gasteiger partial charge on any atom is 0.419 e. The number of carbonyl (C=O) groups is 1. The van der Waals surface area contributed by atoms with Crippen molar-refractivity contribution in [1.29, 1.82) is 0 Å². The van der Waals surface area contributed by atoms with Crippen LogP contribution in [-0.4, -0.2) is 22.4 Å². The van der Waals surface area contributed by atoms with Crippen LogP contribution in [0.3, 0.4) is 0 Å². The third-order valence-electron chi connectivity index (χ3n) is 4.85. The van der Waals surface area contributed by atoms with Crippen molar-refractivity contribution < 1.29 is 27.4 Å². The Morgan fingerprint density at radius 1 is 1.39 bits per heavy atom. The molecule has 10 heteroatoms. The number of pyridine rings is 1. The third kappa shape index (κ3) is 4.18. The Labute approximate surface area is 180 Å². The molecule has 0 bridgehead atoms. The van der Waals surface area contributed by atoms with Gasteiger partial charge in [-0.2, -0.15) is 13.2 Å². The molecule has 4 rings (SSSR count). The van der Waals surface area contributed by atoms with Gasteiger partial charge in [-0.15, -0.1) is 0 Å². The van der Waals surface area contributed by atoms with Crippen molar-refractivity contribution in [3.8, 4) is 5.75 Å². The van der Waals surface area contributed by atoms with Gasteiger partial charge in [0.25, 0.3) is 5.91 Å². The molecular weight excluding hydrogens is 435 g/mol. The zero-order valence-corrected chi connectivity index (χ0v) is 17.0. The smallest absolute Gasteiger partial charge is 0.419 e. The second kappa shape index (κ2) is 8.14. The van der Waals surface area contributed by atoms with E-state index in [1.54, 1.807) is 30.3 Å². The highest BCUT2D eigenvalue weighted by atomic mass is 35.5. The van der Waals surface area contributed by atoms with Gasteiger partial charge in [-0.05, 0) is 29.8 Å². The van der Waals surface area contributed by atoms with E-state index in [4.69, 9.17) is 21.1 Å². The lowest BCUT2D eigenvalue weighted by atomic mass is 10.1. The van der Waals surface area contributed by atoms with E-state index in [1.165, 1.54) is 19.6 Å². The topological polar surface area (TPSA) is 64.9 Å². The average Bonchev–Trinajstić information content (AvgIpc) is 3.39. The van der Waals surface area contributed by atoms with Gasteiger partial charge in [0.15, 0.2) is 11.3 Å². The molecule has 1 unspecified atom stereocenters. The Bertz CT molecular complexity index is 1170. The summed E-state index contributed by atoms with van der Waals surface area (Å²) in [5.41, 5.74) is -0.699. The van der Waals surface area contributed by atoms with Crippen molar-refractivity contribution in [2.24, 2.45) is 0 Å². The monoisotopic (exact) mass is 451 g/mol. The first kappa shape index (κ1) is 21.0. The number of rotatable bonds is 5. The van der Waals surface area contributed by atoms with Gasteiger partial charge in [0.2, 0.25) is 0 Å². The van der Waals surface area contributed by atoms with Gasteiger partial charge in [-0.25, -0.2) is 4.98 Å². The van der Waals surface area contributed by atoms with Crippen LogP contribution in [-0.2, 0) is 17.5 Å². The molecule has 2 aromatic heterocycles. The highest BCUT2D eigenvalue weighted by Gasteiger charge is 2.37. The predicted octanol–water partition coefficient (Wildman–Crippen LogP) is 4.92. The number of alkyl halides is 3. The number of hydrogen-bond donors (Lipinski definition) is 1. The van der Waals surface area contributed by atoms with Crippen LogP contribution in [0.4, 0.5) is 13.2 Å². The average molecular weight is 452 g/mol. The fourth-order valence-corrected chi connectivity index (χ4v) is 3.57. The Morgan fingerprint density at radius 3 is 2.87 bits per heavy atom. The van der Waals surface area contributed by atoms with E-state index in [0.29, 0.717) is 12.2 Å². The fourth-order valence-electron chi connectivity index (χ4n) is 3.32. The number of aromatic nitrogens is 2. The molecule has 0 radical (unpaired) electrons. The molecular formula is C21H17ClF3N3O3. The molecule has 1 atom stereocenters. The van der Waals surface area contributed by atoms with Gasteiger partial charge >= 0.3 is 6.18 Å². The Kier molecular flexibility index (Phi) is 5.53. The number of carbonyl (C=O) groups excluding carboxylic acids is 1. The van der Waals surface area contributed by atoms with Crippen molar-refractivity contribution in [2.75, 3.05) is 7.11 Å². The van der Waals surface area contributed by atoms with E-state index in [2.05, 4.69) is 10.3 Å². The molecule has 0 saturated carbocycles. The summed E-state index contributed by atoms with van der Waals surface area (Å²) >= 11 is 6.28. The van der Waals surface area contributed by atoms with Crippen LogP contribution in [0.25, 0.3) is 5.65 Å². The molecule has 0 saturated heterocycles. The number of methoxy groups -OCH3 is 1. The lowest BCUT2D eigenvalue weighted by molar-refractivity contribution is -0.136. The summed E-state index contributed by atoms with van der Waals surface area (Å²) in [6, 6.07) is 8.00. The summed E-state index contributed by atoms with van der Waals surface area (Å²) in [5, 5.41) is 2.41. The first-order valence-electron chi connectivity index (χ1n) is 9.28. The number of hydrogen-bond acceptors (Lipinski definition) is 4. The number of ether oxygens (including phenoxy) is 2. The van der Waals surface area contributed by atoms with Crippen LogP contribution >= 0.6 is 11.6 Å². The van der Waals surface area contributed by atoms with Gasteiger partial charge in [-0.3, -0.25) is 9.20 Å². The SMILES string of the molecule is COc1cccc(CNC(=O)c2nc3c(C(F)(F)F)cc(C4CC=CO4)cn3c2Cl)c1. The molecule has 0 aliphatic carbocycles. The molecule has 0 fully saturated rings. The summed E-state index contributed by atoms with van der Waals surface area (Å²) in [7, 11) is 1.52. The standard InChI is InChI=1S/C21H17ClF3N3O3/c1-30-14-5-2-4-12(8-14)10-26-20(29)17-18(22)28-11-13(16-6-3-7-31-16)9-15(19(28)27-17)21(23,24)25/h2-5,7-9,11,16H,6,10H2,1H3,(H,26,29). The molecule has 31 heavy (non-hydrogen) atoms. The van der Waals surface area contributed by atoms with E-state index in [0.717, 1.165) is 16.0 Å². The highest BCUT2D eigenvalue weighted by molar-refractivity contribution is 6.33. The van der Waals surface area contributed by atoms with Gasteiger partial charge in [-0.1, -0.05) is 23.7 Å². The normalized spacial score (nSPS) is 15.8. The molecule has 0 spiro atoms. The first-order valence-corrected chi connectivity index (χ1v) is 9.66. The maximum atomic E-state index is 13.7. The predicted molar refractivity (Wildman–Crippen MR) is 107 cm³/mol. The lowest BCUT2D eigenvalue weighted by Crippen LogP contribution is -2.23. The number of nitrogens with zero attached hydrogens (tertiary/aromatic N) is 2. The molecule has 1 N–H and O–H groups in total. The van der Waals surface area contributed by atoms with Gasteiger partial charge in [0.1, 0.15) is 17.0 Å².